The number of imidazole rings is 1. The van der Waals surface area contributed by atoms with Crippen LogP contribution in [0.25, 0.3) is 0 Å². The zero-order valence-electron chi connectivity index (χ0n) is 13.1. The molecule has 2 rings (SSSR count). The highest BCUT2D eigenvalue weighted by molar-refractivity contribution is 5.13. The van der Waals surface area contributed by atoms with E-state index in [0.717, 1.165) is 30.3 Å². The molecule has 110 valence electrons. The summed E-state index contributed by atoms with van der Waals surface area (Å²) in [5.74, 6) is 3.07. The molecule has 2 aromatic rings. The lowest BCUT2D eigenvalue weighted by Gasteiger charge is -2.30. The summed E-state index contributed by atoms with van der Waals surface area (Å²) in [5.41, 5.74) is 0.0774. The van der Waals surface area contributed by atoms with Crippen molar-refractivity contribution >= 4 is 0 Å². The molecule has 0 aliphatic rings. The van der Waals surface area contributed by atoms with Crippen LogP contribution in [0.4, 0.5) is 0 Å². The third-order valence-electron chi connectivity index (χ3n) is 3.57. The van der Waals surface area contributed by atoms with Gasteiger partial charge in [-0.3, -0.25) is 5.32 Å². The van der Waals surface area contributed by atoms with Gasteiger partial charge in [-0.15, -0.1) is 0 Å². The summed E-state index contributed by atoms with van der Waals surface area (Å²) in [4.78, 5) is 4.35. The number of nitrogens with zero attached hydrogens (tertiary/aromatic N) is 2. The number of hydrogen-bond acceptors (Lipinski definition) is 3. The van der Waals surface area contributed by atoms with E-state index in [1.807, 2.05) is 24.0 Å². The van der Waals surface area contributed by atoms with E-state index in [-0.39, 0.29) is 11.5 Å². The van der Waals surface area contributed by atoms with Crippen LogP contribution in [0.2, 0.25) is 0 Å². The molecule has 0 spiro atoms. The first-order valence-corrected chi connectivity index (χ1v) is 7.20. The predicted molar refractivity (Wildman–Crippen MR) is 80.3 cm³/mol. The predicted octanol–water partition coefficient (Wildman–Crippen LogP) is 3.45. The van der Waals surface area contributed by atoms with Gasteiger partial charge in [0.2, 0.25) is 0 Å². The number of aromatic nitrogens is 2. The lowest BCUT2D eigenvalue weighted by Crippen LogP contribution is -2.32. The lowest BCUT2D eigenvalue weighted by atomic mass is 9.85. The van der Waals surface area contributed by atoms with Crippen molar-refractivity contribution in [2.45, 2.75) is 46.7 Å². The molecule has 4 heteroatoms. The van der Waals surface area contributed by atoms with Crippen LogP contribution in [0.15, 0.2) is 28.9 Å². The number of nitrogens with one attached hydrogen (secondary N) is 1. The normalized spacial score (nSPS) is 13.7. The molecule has 4 nitrogen and oxygen atoms in total. The van der Waals surface area contributed by atoms with Crippen molar-refractivity contribution in [2.75, 3.05) is 0 Å². The molecular weight excluding hydrogens is 250 g/mol. The minimum Gasteiger partial charge on any atom is -0.464 e. The Balaban J connectivity index is 2.14. The van der Waals surface area contributed by atoms with Crippen LogP contribution < -0.4 is 5.32 Å². The van der Waals surface area contributed by atoms with Crippen molar-refractivity contribution in [3.05, 3.63) is 41.9 Å². The third-order valence-corrected chi connectivity index (χ3v) is 3.57. The van der Waals surface area contributed by atoms with Gasteiger partial charge in [-0.05, 0) is 17.5 Å². The molecule has 0 bridgehead atoms. The first kappa shape index (κ1) is 14.9. The van der Waals surface area contributed by atoms with Crippen molar-refractivity contribution in [3.8, 4) is 0 Å². The minimum atomic E-state index is 0.0774. The Morgan fingerprint density at radius 1 is 1.35 bits per heavy atom. The second kappa shape index (κ2) is 5.83. The van der Waals surface area contributed by atoms with Crippen LogP contribution >= 0.6 is 0 Å². The standard InChI is InChI=1S/C16H25N3O/c1-6-12-7-8-13(20-12)15(16(2,3)4)18-11-14-17-9-10-19(14)5/h7-10,15,18H,6,11H2,1-5H3. The van der Waals surface area contributed by atoms with Gasteiger partial charge in [0.15, 0.2) is 0 Å². The number of furan rings is 1. The van der Waals surface area contributed by atoms with E-state index in [9.17, 15) is 0 Å². The molecule has 2 aromatic heterocycles. The Morgan fingerprint density at radius 2 is 2.10 bits per heavy atom. The average Bonchev–Trinajstić information content (AvgIpc) is 2.98. The molecule has 0 saturated heterocycles. The van der Waals surface area contributed by atoms with Crippen LogP contribution in [-0.2, 0) is 20.0 Å². The van der Waals surface area contributed by atoms with Gasteiger partial charge in [0.05, 0.1) is 12.6 Å². The lowest BCUT2D eigenvalue weighted by molar-refractivity contribution is 0.230. The molecule has 0 saturated carbocycles. The molecule has 0 aliphatic carbocycles. The topological polar surface area (TPSA) is 43.0 Å². The Labute approximate surface area is 121 Å². The molecule has 20 heavy (non-hydrogen) atoms. The second-order valence-corrected chi connectivity index (χ2v) is 6.29. The van der Waals surface area contributed by atoms with Crippen molar-refractivity contribution < 1.29 is 4.42 Å². The highest BCUT2D eigenvalue weighted by Gasteiger charge is 2.28. The zero-order chi connectivity index (χ0) is 14.8. The van der Waals surface area contributed by atoms with Gasteiger partial charge >= 0.3 is 0 Å². The van der Waals surface area contributed by atoms with E-state index in [2.05, 4.69) is 50.1 Å². The summed E-state index contributed by atoms with van der Waals surface area (Å²) in [5, 5.41) is 3.58. The van der Waals surface area contributed by atoms with Gasteiger partial charge in [-0.2, -0.15) is 0 Å². The summed E-state index contributed by atoms with van der Waals surface area (Å²) in [6.07, 6.45) is 4.71. The van der Waals surface area contributed by atoms with Crippen LogP contribution in [0.1, 0.15) is 51.1 Å². The largest absolute Gasteiger partial charge is 0.464 e. The highest BCUT2D eigenvalue weighted by Crippen LogP contribution is 2.34. The third kappa shape index (κ3) is 3.31. The van der Waals surface area contributed by atoms with E-state index in [1.165, 1.54) is 0 Å². The van der Waals surface area contributed by atoms with Crippen molar-refractivity contribution in [1.29, 1.82) is 0 Å². The highest BCUT2D eigenvalue weighted by atomic mass is 16.3. The molecule has 1 atom stereocenters. The fraction of sp³-hybridized carbons (Fsp3) is 0.562. The minimum absolute atomic E-state index is 0.0774. The van der Waals surface area contributed by atoms with Gasteiger partial charge in [0.25, 0.3) is 0 Å². The molecule has 2 heterocycles. The molecular formula is C16H25N3O. The van der Waals surface area contributed by atoms with Crippen LogP contribution in [0.5, 0.6) is 0 Å². The molecule has 0 fully saturated rings. The van der Waals surface area contributed by atoms with E-state index in [4.69, 9.17) is 4.42 Å². The first-order chi connectivity index (χ1) is 9.41. The van der Waals surface area contributed by atoms with Gasteiger partial charge in [-0.25, -0.2) is 4.98 Å². The maximum atomic E-state index is 5.93. The van der Waals surface area contributed by atoms with Gasteiger partial charge in [0.1, 0.15) is 17.3 Å². The van der Waals surface area contributed by atoms with Crippen molar-refractivity contribution in [2.24, 2.45) is 12.5 Å². The number of aryl methyl sites for hydroxylation is 2. The van der Waals surface area contributed by atoms with Gasteiger partial charge in [-0.1, -0.05) is 27.7 Å². The molecule has 0 radical (unpaired) electrons. The SMILES string of the molecule is CCc1ccc(C(NCc2nccn2C)C(C)(C)C)o1. The Bertz CT molecular complexity index is 548. The Kier molecular flexibility index (Phi) is 4.33. The van der Waals surface area contributed by atoms with Crippen LogP contribution in [-0.4, -0.2) is 9.55 Å². The average molecular weight is 275 g/mol. The molecule has 1 N–H and O–H groups in total. The fourth-order valence-corrected chi connectivity index (χ4v) is 2.33. The summed E-state index contributed by atoms with van der Waals surface area (Å²) >= 11 is 0. The van der Waals surface area contributed by atoms with Crippen LogP contribution in [0.3, 0.4) is 0 Å². The maximum Gasteiger partial charge on any atom is 0.122 e. The molecule has 0 aliphatic heterocycles. The second-order valence-electron chi connectivity index (χ2n) is 6.29. The van der Waals surface area contributed by atoms with Crippen molar-refractivity contribution in [3.63, 3.8) is 0 Å². The quantitative estimate of drug-likeness (QED) is 0.908. The monoisotopic (exact) mass is 275 g/mol. The smallest absolute Gasteiger partial charge is 0.122 e. The Hall–Kier alpha value is -1.55. The van der Waals surface area contributed by atoms with E-state index < -0.39 is 0 Å². The summed E-state index contributed by atoms with van der Waals surface area (Å²) in [7, 11) is 2.01. The summed E-state index contributed by atoms with van der Waals surface area (Å²) in [6.45, 7) is 9.50. The van der Waals surface area contributed by atoms with Crippen molar-refractivity contribution in [1.82, 2.24) is 14.9 Å². The molecule has 0 aromatic carbocycles. The fourth-order valence-electron chi connectivity index (χ4n) is 2.33. The number of hydrogen-bond donors (Lipinski definition) is 1. The zero-order valence-corrected chi connectivity index (χ0v) is 13.1. The van der Waals surface area contributed by atoms with Gasteiger partial charge < -0.3 is 8.98 Å². The number of rotatable bonds is 5. The van der Waals surface area contributed by atoms with E-state index in [1.54, 1.807) is 0 Å². The van der Waals surface area contributed by atoms with E-state index in [0.29, 0.717) is 0 Å². The first-order valence-electron chi connectivity index (χ1n) is 7.20. The van der Waals surface area contributed by atoms with Gasteiger partial charge in [0, 0.05) is 25.9 Å². The molecule has 0 amide bonds. The summed E-state index contributed by atoms with van der Waals surface area (Å²) in [6, 6.07) is 4.32. The maximum absolute atomic E-state index is 5.93. The van der Waals surface area contributed by atoms with E-state index >= 15 is 0 Å². The molecule has 1 unspecified atom stereocenters. The Morgan fingerprint density at radius 3 is 2.60 bits per heavy atom. The summed E-state index contributed by atoms with van der Waals surface area (Å²) < 4.78 is 7.97. The van der Waals surface area contributed by atoms with Crippen LogP contribution in [0, 0.1) is 5.41 Å².